The SMILES string of the molecule is CCCN(CC(=O)O)C(=O)C1CCN(C(=O)N(C)C)CC1. The number of hydrogen-bond acceptors (Lipinski definition) is 3. The molecule has 3 amide bonds. The van der Waals surface area contributed by atoms with Crippen molar-refractivity contribution in [1.29, 1.82) is 0 Å². The summed E-state index contributed by atoms with van der Waals surface area (Å²) in [4.78, 5) is 39.7. The number of piperidine rings is 1. The molecule has 1 aliphatic rings. The number of urea groups is 1. The molecular formula is C14H25N3O4. The molecule has 7 heteroatoms. The molecule has 1 aliphatic heterocycles. The van der Waals surface area contributed by atoms with Gasteiger partial charge in [0, 0.05) is 39.6 Å². The first-order valence-electron chi connectivity index (χ1n) is 7.33. The molecule has 21 heavy (non-hydrogen) atoms. The zero-order chi connectivity index (χ0) is 16.0. The van der Waals surface area contributed by atoms with Gasteiger partial charge in [-0.3, -0.25) is 9.59 Å². The molecule has 0 aromatic heterocycles. The van der Waals surface area contributed by atoms with Crippen LogP contribution >= 0.6 is 0 Å². The van der Waals surface area contributed by atoms with E-state index in [2.05, 4.69) is 0 Å². The number of carboxylic acids is 1. The molecule has 1 heterocycles. The Kier molecular flexibility index (Phi) is 6.45. The van der Waals surface area contributed by atoms with Gasteiger partial charge < -0.3 is 19.8 Å². The number of hydrogen-bond donors (Lipinski definition) is 1. The van der Waals surface area contributed by atoms with Gasteiger partial charge in [-0.15, -0.1) is 0 Å². The maximum atomic E-state index is 12.4. The summed E-state index contributed by atoms with van der Waals surface area (Å²) in [6, 6.07) is -0.0446. The maximum absolute atomic E-state index is 12.4. The molecule has 1 rings (SSSR count). The fraction of sp³-hybridized carbons (Fsp3) is 0.786. The van der Waals surface area contributed by atoms with E-state index in [1.54, 1.807) is 19.0 Å². The highest BCUT2D eigenvalue weighted by atomic mass is 16.4. The van der Waals surface area contributed by atoms with Crippen LogP contribution in [0.1, 0.15) is 26.2 Å². The van der Waals surface area contributed by atoms with E-state index >= 15 is 0 Å². The molecule has 1 fully saturated rings. The quantitative estimate of drug-likeness (QED) is 0.810. The van der Waals surface area contributed by atoms with Crippen LogP contribution in [0, 0.1) is 5.92 Å². The maximum Gasteiger partial charge on any atom is 0.323 e. The number of rotatable bonds is 5. The highest BCUT2D eigenvalue weighted by molar-refractivity contribution is 5.83. The number of carboxylic acid groups (broad SMARTS) is 1. The molecule has 0 spiro atoms. The largest absolute Gasteiger partial charge is 0.480 e. The molecule has 0 radical (unpaired) electrons. The van der Waals surface area contributed by atoms with Crippen LogP contribution in [0.15, 0.2) is 0 Å². The zero-order valence-corrected chi connectivity index (χ0v) is 13.0. The van der Waals surface area contributed by atoms with Crippen LogP contribution in [0.25, 0.3) is 0 Å². The second-order valence-electron chi connectivity index (χ2n) is 5.59. The molecule has 1 N–H and O–H groups in total. The third kappa shape index (κ3) is 4.91. The molecule has 0 bridgehead atoms. The van der Waals surface area contributed by atoms with E-state index in [1.807, 2.05) is 6.92 Å². The second-order valence-corrected chi connectivity index (χ2v) is 5.59. The van der Waals surface area contributed by atoms with Crippen LogP contribution in [-0.4, -0.2) is 78.0 Å². The van der Waals surface area contributed by atoms with Gasteiger partial charge >= 0.3 is 12.0 Å². The lowest BCUT2D eigenvalue weighted by atomic mass is 9.95. The Morgan fingerprint density at radius 3 is 2.19 bits per heavy atom. The minimum atomic E-state index is -0.989. The summed E-state index contributed by atoms with van der Waals surface area (Å²) in [5.74, 6) is -1.27. The van der Waals surface area contributed by atoms with Gasteiger partial charge in [0.25, 0.3) is 0 Å². The van der Waals surface area contributed by atoms with Gasteiger partial charge in [0.2, 0.25) is 5.91 Å². The fourth-order valence-corrected chi connectivity index (χ4v) is 2.56. The highest BCUT2D eigenvalue weighted by Gasteiger charge is 2.31. The summed E-state index contributed by atoms with van der Waals surface area (Å²) in [5.41, 5.74) is 0. The molecule has 0 saturated carbocycles. The van der Waals surface area contributed by atoms with Crippen molar-refractivity contribution in [2.24, 2.45) is 5.92 Å². The third-order valence-electron chi connectivity index (χ3n) is 3.63. The second kappa shape index (κ2) is 7.85. The molecule has 0 atom stereocenters. The topological polar surface area (TPSA) is 81.2 Å². The van der Waals surface area contributed by atoms with Gasteiger partial charge in [0.15, 0.2) is 0 Å². The molecule has 120 valence electrons. The van der Waals surface area contributed by atoms with Crippen molar-refractivity contribution in [3.8, 4) is 0 Å². The Morgan fingerprint density at radius 2 is 1.76 bits per heavy atom. The molecule has 0 aromatic rings. The van der Waals surface area contributed by atoms with Crippen LogP contribution < -0.4 is 0 Å². The molecular weight excluding hydrogens is 274 g/mol. The Morgan fingerprint density at radius 1 is 1.19 bits per heavy atom. The van der Waals surface area contributed by atoms with Crippen LogP contribution in [0.3, 0.4) is 0 Å². The van der Waals surface area contributed by atoms with Crippen molar-refractivity contribution in [3.05, 3.63) is 0 Å². The Bertz CT molecular complexity index is 390. The summed E-state index contributed by atoms with van der Waals surface area (Å²) < 4.78 is 0. The van der Waals surface area contributed by atoms with E-state index in [1.165, 1.54) is 9.80 Å². The van der Waals surface area contributed by atoms with Crippen molar-refractivity contribution in [1.82, 2.24) is 14.7 Å². The van der Waals surface area contributed by atoms with Crippen LogP contribution in [0.2, 0.25) is 0 Å². The van der Waals surface area contributed by atoms with E-state index in [4.69, 9.17) is 5.11 Å². The Labute approximate surface area is 125 Å². The highest BCUT2D eigenvalue weighted by Crippen LogP contribution is 2.20. The Hall–Kier alpha value is -1.79. The van der Waals surface area contributed by atoms with Gasteiger partial charge in [-0.25, -0.2) is 4.79 Å². The number of carbonyl (C=O) groups excluding carboxylic acids is 2. The smallest absolute Gasteiger partial charge is 0.323 e. The summed E-state index contributed by atoms with van der Waals surface area (Å²) in [6.45, 7) is 3.22. The summed E-state index contributed by atoms with van der Waals surface area (Å²) in [6.07, 6.45) is 1.92. The van der Waals surface area contributed by atoms with Crippen LogP contribution in [0.4, 0.5) is 4.79 Å². The van der Waals surface area contributed by atoms with Gasteiger partial charge in [-0.1, -0.05) is 6.92 Å². The van der Waals surface area contributed by atoms with Crippen molar-refractivity contribution in [2.75, 3.05) is 40.3 Å². The summed E-state index contributed by atoms with van der Waals surface area (Å²) >= 11 is 0. The number of aliphatic carboxylic acids is 1. The van der Waals surface area contributed by atoms with E-state index in [0.717, 1.165) is 6.42 Å². The van der Waals surface area contributed by atoms with Crippen LogP contribution in [-0.2, 0) is 9.59 Å². The molecule has 1 saturated heterocycles. The van der Waals surface area contributed by atoms with E-state index in [0.29, 0.717) is 32.5 Å². The third-order valence-corrected chi connectivity index (χ3v) is 3.63. The van der Waals surface area contributed by atoms with Crippen molar-refractivity contribution in [2.45, 2.75) is 26.2 Å². The lowest BCUT2D eigenvalue weighted by Gasteiger charge is -2.35. The lowest BCUT2D eigenvalue weighted by molar-refractivity contribution is -0.147. The lowest BCUT2D eigenvalue weighted by Crippen LogP contribution is -2.48. The first-order valence-corrected chi connectivity index (χ1v) is 7.33. The predicted octanol–water partition coefficient (Wildman–Crippen LogP) is 0.703. The number of carbonyl (C=O) groups is 3. The average molecular weight is 299 g/mol. The number of likely N-dealkylation sites (tertiary alicyclic amines) is 1. The van der Waals surface area contributed by atoms with Gasteiger partial charge in [0.1, 0.15) is 6.54 Å². The van der Waals surface area contributed by atoms with Crippen molar-refractivity contribution in [3.63, 3.8) is 0 Å². The van der Waals surface area contributed by atoms with Crippen molar-refractivity contribution < 1.29 is 19.5 Å². The molecule has 7 nitrogen and oxygen atoms in total. The minimum absolute atomic E-state index is 0.0446. The van der Waals surface area contributed by atoms with Crippen molar-refractivity contribution >= 4 is 17.9 Å². The van der Waals surface area contributed by atoms with E-state index in [9.17, 15) is 14.4 Å². The fourth-order valence-electron chi connectivity index (χ4n) is 2.56. The molecule has 0 aliphatic carbocycles. The first kappa shape index (κ1) is 17.3. The van der Waals surface area contributed by atoms with Gasteiger partial charge in [-0.2, -0.15) is 0 Å². The van der Waals surface area contributed by atoms with E-state index < -0.39 is 5.97 Å². The Balaban J connectivity index is 2.57. The summed E-state index contributed by atoms with van der Waals surface area (Å²) in [5, 5.41) is 8.88. The standard InChI is InChI=1S/C14H25N3O4/c1-4-7-17(10-12(18)19)13(20)11-5-8-16(9-6-11)14(21)15(2)3/h11H,4-10H2,1-3H3,(H,18,19). The minimum Gasteiger partial charge on any atom is -0.480 e. The number of amides is 3. The normalized spacial score (nSPS) is 15.7. The van der Waals surface area contributed by atoms with Gasteiger partial charge in [0.05, 0.1) is 0 Å². The summed E-state index contributed by atoms with van der Waals surface area (Å²) in [7, 11) is 3.41. The molecule has 0 aromatic carbocycles. The first-order chi connectivity index (χ1) is 9.86. The number of nitrogens with zero attached hydrogens (tertiary/aromatic N) is 3. The van der Waals surface area contributed by atoms with Crippen LogP contribution in [0.5, 0.6) is 0 Å². The average Bonchev–Trinajstić information content (AvgIpc) is 2.45. The molecule has 0 unspecified atom stereocenters. The monoisotopic (exact) mass is 299 g/mol. The van der Waals surface area contributed by atoms with Gasteiger partial charge in [-0.05, 0) is 19.3 Å². The van der Waals surface area contributed by atoms with E-state index in [-0.39, 0.29) is 24.4 Å². The zero-order valence-electron chi connectivity index (χ0n) is 13.0. The predicted molar refractivity (Wildman–Crippen MR) is 77.9 cm³/mol.